The average Bonchev–Trinajstić information content (AvgIpc) is 3.36. The van der Waals surface area contributed by atoms with Gasteiger partial charge in [-0.25, -0.2) is 9.97 Å². The minimum atomic E-state index is -0.0912. The van der Waals surface area contributed by atoms with E-state index >= 15 is 0 Å². The van der Waals surface area contributed by atoms with Crippen molar-refractivity contribution in [1.29, 1.82) is 0 Å². The van der Waals surface area contributed by atoms with Crippen molar-refractivity contribution in [2.24, 2.45) is 0 Å². The summed E-state index contributed by atoms with van der Waals surface area (Å²) in [6.45, 7) is 8.35. The number of aryl methyl sites for hydroxylation is 2. The molecular formula is C26H25N7O. The molecular weight excluding hydrogens is 426 g/mol. The zero-order valence-electron chi connectivity index (χ0n) is 19.6. The van der Waals surface area contributed by atoms with Gasteiger partial charge in [0.05, 0.1) is 6.54 Å². The molecule has 0 aliphatic rings. The molecule has 0 aliphatic heterocycles. The van der Waals surface area contributed by atoms with Crippen molar-refractivity contribution in [2.45, 2.75) is 40.2 Å². The Hall–Kier alpha value is -4.20. The van der Waals surface area contributed by atoms with Crippen molar-refractivity contribution < 1.29 is 0 Å². The molecule has 1 N–H and O–H groups in total. The van der Waals surface area contributed by atoms with Gasteiger partial charge in [0.1, 0.15) is 11.2 Å². The van der Waals surface area contributed by atoms with Gasteiger partial charge < -0.3 is 0 Å². The quantitative estimate of drug-likeness (QED) is 0.424. The molecule has 8 heteroatoms. The van der Waals surface area contributed by atoms with Crippen LogP contribution in [0.25, 0.3) is 33.7 Å². The molecule has 0 amide bonds. The van der Waals surface area contributed by atoms with Crippen LogP contribution in [0.4, 0.5) is 0 Å². The highest BCUT2D eigenvalue weighted by Crippen LogP contribution is 2.30. The first-order valence-corrected chi connectivity index (χ1v) is 11.2. The van der Waals surface area contributed by atoms with Crippen molar-refractivity contribution in [3.63, 3.8) is 0 Å². The van der Waals surface area contributed by atoms with Gasteiger partial charge in [-0.1, -0.05) is 62.4 Å². The summed E-state index contributed by atoms with van der Waals surface area (Å²) in [6, 6.07) is 18.1. The largest absolute Gasteiger partial charge is 0.285 e. The standard InChI is InChI=1S/C26H25N7O/c1-15(2)22-26(34)33(25-23(28-22)16(3)13-17(4)27-25)14-18-9-11-19(12-10-18)20-7-5-6-8-21(20)24-29-31-32-30-24/h5-13,15H,14H2,1-4H3,(H,29,30,31,32). The molecule has 0 unspecified atom stereocenters. The molecule has 0 spiro atoms. The molecule has 0 aliphatic carbocycles. The number of nitrogens with one attached hydrogen (secondary N) is 1. The van der Waals surface area contributed by atoms with Crippen LogP contribution in [0.3, 0.4) is 0 Å². The highest BCUT2D eigenvalue weighted by molar-refractivity contribution is 5.80. The van der Waals surface area contributed by atoms with Crippen molar-refractivity contribution in [2.75, 3.05) is 0 Å². The fraction of sp³-hybridized carbons (Fsp3) is 0.231. The summed E-state index contributed by atoms with van der Waals surface area (Å²) < 4.78 is 1.75. The molecule has 0 bridgehead atoms. The minimum absolute atomic E-state index is 0.0212. The third-order valence-corrected chi connectivity index (χ3v) is 5.91. The first-order valence-electron chi connectivity index (χ1n) is 11.2. The van der Waals surface area contributed by atoms with E-state index in [1.54, 1.807) is 4.57 Å². The monoisotopic (exact) mass is 451 g/mol. The number of benzene rings is 2. The van der Waals surface area contributed by atoms with Crippen LogP contribution >= 0.6 is 0 Å². The SMILES string of the molecule is Cc1cc(C)c2nc(C(C)C)c(=O)n(Cc3ccc(-c4ccccc4-c4nn[nH]n4)cc3)c2n1. The van der Waals surface area contributed by atoms with E-state index in [-0.39, 0.29) is 11.5 Å². The lowest BCUT2D eigenvalue weighted by molar-refractivity contribution is 0.718. The third kappa shape index (κ3) is 3.87. The Labute approximate surface area is 196 Å². The zero-order chi connectivity index (χ0) is 23.8. The van der Waals surface area contributed by atoms with Crippen LogP contribution in [0.1, 0.15) is 42.3 Å². The summed E-state index contributed by atoms with van der Waals surface area (Å²) in [7, 11) is 0. The number of aromatic amines is 1. The number of hydrogen-bond donors (Lipinski definition) is 1. The van der Waals surface area contributed by atoms with Gasteiger partial charge in [-0.05, 0) is 47.4 Å². The summed E-state index contributed by atoms with van der Waals surface area (Å²) in [6.07, 6.45) is 0. The van der Waals surface area contributed by atoms with Gasteiger partial charge in [-0.3, -0.25) is 9.36 Å². The smallest absolute Gasteiger partial charge is 0.274 e. The molecule has 3 heterocycles. The maximum Gasteiger partial charge on any atom is 0.274 e. The Morgan fingerprint density at radius 2 is 1.71 bits per heavy atom. The van der Waals surface area contributed by atoms with Crippen LogP contribution in [0, 0.1) is 13.8 Å². The first-order chi connectivity index (χ1) is 16.4. The van der Waals surface area contributed by atoms with Gasteiger partial charge in [-0.2, -0.15) is 5.21 Å². The van der Waals surface area contributed by atoms with Crippen LogP contribution in [0.5, 0.6) is 0 Å². The molecule has 5 rings (SSSR count). The molecule has 34 heavy (non-hydrogen) atoms. The Morgan fingerprint density at radius 1 is 0.971 bits per heavy atom. The number of tetrazole rings is 1. The molecule has 0 saturated heterocycles. The lowest BCUT2D eigenvalue weighted by atomic mass is 9.98. The van der Waals surface area contributed by atoms with E-state index in [9.17, 15) is 4.79 Å². The molecule has 8 nitrogen and oxygen atoms in total. The van der Waals surface area contributed by atoms with Gasteiger partial charge in [0.25, 0.3) is 5.56 Å². The van der Waals surface area contributed by atoms with Gasteiger partial charge in [-0.15, -0.1) is 10.2 Å². The van der Waals surface area contributed by atoms with Gasteiger partial charge in [0.15, 0.2) is 5.65 Å². The number of hydrogen-bond acceptors (Lipinski definition) is 6. The number of rotatable bonds is 5. The van der Waals surface area contributed by atoms with Crippen LogP contribution in [-0.2, 0) is 6.54 Å². The topological polar surface area (TPSA) is 102 Å². The Balaban J connectivity index is 1.57. The lowest BCUT2D eigenvalue weighted by Gasteiger charge is -2.15. The predicted octanol–water partition coefficient (Wildman–Crippen LogP) is 4.43. The van der Waals surface area contributed by atoms with E-state index < -0.39 is 0 Å². The van der Waals surface area contributed by atoms with E-state index in [0.717, 1.165) is 39.0 Å². The number of H-pyrrole nitrogens is 1. The lowest BCUT2D eigenvalue weighted by Crippen LogP contribution is -2.28. The average molecular weight is 452 g/mol. The van der Waals surface area contributed by atoms with E-state index in [1.165, 1.54) is 0 Å². The van der Waals surface area contributed by atoms with Crippen molar-refractivity contribution in [3.8, 4) is 22.5 Å². The fourth-order valence-electron chi connectivity index (χ4n) is 4.24. The summed E-state index contributed by atoms with van der Waals surface area (Å²) in [5.41, 5.74) is 7.71. The molecule has 0 radical (unpaired) electrons. The highest BCUT2D eigenvalue weighted by Gasteiger charge is 2.17. The molecule has 170 valence electrons. The molecule has 5 aromatic rings. The van der Waals surface area contributed by atoms with E-state index in [2.05, 4.69) is 42.7 Å². The highest BCUT2D eigenvalue weighted by atomic mass is 16.1. The summed E-state index contributed by atoms with van der Waals surface area (Å²) in [4.78, 5) is 22.7. The second kappa shape index (κ2) is 8.62. The van der Waals surface area contributed by atoms with Crippen LogP contribution < -0.4 is 5.56 Å². The van der Waals surface area contributed by atoms with Gasteiger partial charge in [0, 0.05) is 17.2 Å². The van der Waals surface area contributed by atoms with Crippen LogP contribution in [-0.4, -0.2) is 35.2 Å². The third-order valence-electron chi connectivity index (χ3n) is 5.91. The normalized spacial score (nSPS) is 11.4. The van der Waals surface area contributed by atoms with Crippen molar-refractivity contribution >= 4 is 11.2 Å². The second-order valence-corrected chi connectivity index (χ2v) is 8.77. The van der Waals surface area contributed by atoms with Crippen LogP contribution in [0.15, 0.2) is 59.4 Å². The fourth-order valence-corrected chi connectivity index (χ4v) is 4.24. The molecule has 0 fully saturated rings. The summed E-state index contributed by atoms with van der Waals surface area (Å²) in [5.74, 6) is 0.570. The minimum Gasteiger partial charge on any atom is -0.285 e. The summed E-state index contributed by atoms with van der Waals surface area (Å²) in [5, 5.41) is 14.4. The first kappa shape index (κ1) is 21.6. The number of pyridine rings is 1. The van der Waals surface area contributed by atoms with E-state index in [0.29, 0.717) is 23.7 Å². The number of fused-ring (bicyclic) bond motifs is 1. The summed E-state index contributed by atoms with van der Waals surface area (Å²) >= 11 is 0. The predicted molar refractivity (Wildman–Crippen MR) is 132 cm³/mol. The molecule has 0 saturated carbocycles. The van der Waals surface area contributed by atoms with Crippen molar-refractivity contribution in [3.05, 3.63) is 87.5 Å². The Morgan fingerprint density at radius 3 is 2.38 bits per heavy atom. The molecule has 2 aromatic carbocycles. The van der Waals surface area contributed by atoms with E-state index in [4.69, 9.17) is 0 Å². The van der Waals surface area contributed by atoms with Crippen LogP contribution in [0.2, 0.25) is 0 Å². The molecule has 3 aromatic heterocycles. The maximum absolute atomic E-state index is 13.4. The van der Waals surface area contributed by atoms with Crippen molar-refractivity contribution in [1.82, 2.24) is 35.2 Å². The second-order valence-electron chi connectivity index (χ2n) is 8.77. The maximum atomic E-state index is 13.4. The van der Waals surface area contributed by atoms with Gasteiger partial charge in [0.2, 0.25) is 5.82 Å². The van der Waals surface area contributed by atoms with E-state index in [1.807, 2.05) is 70.2 Å². The Bertz CT molecular complexity index is 1530. The number of aromatic nitrogens is 7. The van der Waals surface area contributed by atoms with Gasteiger partial charge >= 0.3 is 0 Å². The Kier molecular flexibility index (Phi) is 5.49. The molecule has 0 atom stereocenters. The number of nitrogens with zero attached hydrogens (tertiary/aromatic N) is 6. The zero-order valence-corrected chi connectivity index (χ0v) is 19.6.